The Morgan fingerprint density at radius 1 is 1.14 bits per heavy atom. The SMILES string of the molecule is CCCC[NH+](CC(=O)N[C@@H](C)c1ccccc1)Cc1nc2ccccc2c(=O)[nH]1. The average Bonchev–Trinajstić information content (AvgIpc) is 2.72. The number of carbonyl (C=O) groups is 1. The van der Waals surface area contributed by atoms with Gasteiger partial charge in [0, 0.05) is 0 Å². The molecule has 3 aromatic rings. The first-order valence-corrected chi connectivity index (χ1v) is 10.2. The van der Waals surface area contributed by atoms with Crippen molar-refractivity contribution in [3.63, 3.8) is 0 Å². The first-order valence-electron chi connectivity index (χ1n) is 10.2. The van der Waals surface area contributed by atoms with E-state index < -0.39 is 0 Å². The van der Waals surface area contributed by atoms with E-state index >= 15 is 0 Å². The second-order valence-corrected chi connectivity index (χ2v) is 7.44. The Balaban J connectivity index is 1.69. The molecule has 29 heavy (non-hydrogen) atoms. The number of H-pyrrole nitrogens is 1. The van der Waals surface area contributed by atoms with Crippen molar-refractivity contribution in [2.24, 2.45) is 0 Å². The summed E-state index contributed by atoms with van der Waals surface area (Å²) in [5, 5.41) is 3.66. The number of hydrogen-bond donors (Lipinski definition) is 3. The van der Waals surface area contributed by atoms with Gasteiger partial charge in [0.2, 0.25) is 0 Å². The van der Waals surface area contributed by atoms with E-state index in [1.165, 1.54) is 0 Å². The monoisotopic (exact) mass is 393 g/mol. The number of aromatic nitrogens is 2. The number of amides is 1. The number of quaternary nitrogens is 1. The van der Waals surface area contributed by atoms with E-state index in [0.717, 1.165) is 29.8 Å². The standard InChI is InChI=1S/C23H28N4O2/c1-3-4-14-27(16-22(28)24-17(2)18-10-6-5-7-11-18)15-21-25-20-13-9-8-12-19(20)23(29)26-21/h5-13,17H,3-4,14-16H2,1-2H3,(H,24,28)(H,25,26,29)/p+1/t17-/m0/s1. The van der Waals surface area contributed by atoms with Crippen molar-refractivity contribution < 1.29 is 9.69 Å². The highest BCUT2D eigenvalue weighted by Crippen LogP contribution is 2.10. The van der Waals surface area contributed by atoms with Gasteiger partial charge in [-0.05, 0) is 31.0 Å². The van der Waals surface area contributed by atoms with Crippen molar-refractivity contribution in [3.05, 3.63) is 76.3 Å². The Hall–Kier alpha value is -2.99. The molecule has 2 atom stereocenters. The molecule has 3 rings (SSSR count). The fourth-order valence-corrected chi connectivity index (χ4v) is 3.47. The number of para-hydroxylation sites is 1. The average molecular weight is 394 g/mol. The number of hydrogen-bond acceptors (Lipinski definition) is 3. The summed E-state index contributed by atoms with van der Waals surface area (Å²) < 4.78 is 0. The fraction of sp³-hybridized carbons (Fsp3) is 0.348. The number of rotatable bonds is 9. The summed E-state index contributed by atoms with van der Waals surface area (Å²) in [6.07, 6.45) is 2.06. The molecule has 2 aromatic carbocycles. The van der Waals surface area contributed by atoms with E-state index in [4.69, 9.17) is 0 Å². The number of nitrogens with one attached hydrogen (secondary N) is 3. The van der Waals surface area contributed by atoms with Gasteiger partial charge in [0.1, 0.15) is 6.54 Å². The minimum Gasteiger partial charge on any atom is -0.345 e. The topological polar surface area (TPSA) is 79.3 Å². The normalized spacial score (nSPS) is 13.2. The van der Waals surface area contributed by atoms with E-state index in [2.05, 4.69) is 22.2 Å². The predicted molar refractivity (Wildman–Crippen MR) is 115 cm³/mol. The minimum absolute atomic E-state index is 0.00408. The molecule has 0 aliphatic heterocycles. The van der Waals surface area contributed by atoms with Crippen molar-refractivity contribution in [2.45, 2.75) is 39.3 Å². The van der Waals surface area contributed by atoms with Crippen LogP contribution in [0.2, 0.25) is 0 Å². The third kappa shape index (κ3) is 5.74. The van der Waals surface area contributed by atoms with Crippen LogP contribution in [0.3, 0.4) is 0 Å². The molecule has 1 heterocycles. The Labute approximate surface area is 171 Å². The maximum atomic E-state index is 12.6. The zero-order chi connectivity index (χ0) is 20.6. The van der Waals surface area contributed by atoms with Gasteiger partial charge in [-0.15, -0.1) is 0 Å². The zero-order valence-corrected chi connectivity index (χ0v) is 17.1. The first kappa shape index (κ1) is 20.7. The summed E-state index contributed by atoms with van der Waals surface area (Å²) in [6, 6.07) is 17.2. The molecule has 0 aliphatic carbocycles. The molecule has 6 nitrogen and oxygen atoms in total. The van der Waals surface area contributed by atoms with E-state index in [9.17, 15) is 9.59 Å². The van der Waals surface area contributed by atoms with Crippen molar-refractivity contribution in [1.29, 1.82) is 0 Å². The van der Waals surface area contributed by atoms with E-state index in [0.29, 0.717) is 29.8 Å². The van der Waals surface area contributed by atoms with Crippen LogP contribution in [0.4, 0.5) is 0 Å². The molecule has 0 spiro atoms. The van der Waals surface area contributed by atoms with Crippen molar-refractivity contribution in [2.75, 3.05) is 13.1 Å². The van der Waals surface area contributed by atoms with Gasteiger partial charge in [-0.2, -0.15) is 0 Å². The lowest BCUT2D eigenvalue weighted by atomic mass is 10.1. The zero-order valence-electron chi connectivity index (χ0n) is 17.1. The van der Waals surface area contributed by atoms with Crippen LogP contribution in [0.25, 0.3) is 10.9 Å². The molecule has 0 saturated heterocycles. The molecule has 0 fully saturated rings. The molecule has 1 amide bonds. The van der Waals surface area contributed by atoms with Gasteiger partial charge in [-0.1, -0.05) is 55.8 Å². The number of nitrogens with zero attached hydrogens (tertiary/aromatic N) is 1. The van der Waals surface area contributed by atoms with Gasteiger partial charge >= 0.3 is 0 Å². The second kappa shape index (κ2) is 9.98. The molecule has 1 unspecified atom stereocenters. The van der Waals surface area contributed by atoms with Gasteiger partial charge in [-0.3, -0.25) is 9.59 Å². The molecule has 0 radical (unpaired) electrons. The van der Waals surface area contributed by atoms with Crippen LogP contribution in [0.1, 0.15) is 44.1 Å². The van der Waals surface area contributed by atoms with Gasteiger partial charge in [0.25, 0.3) is 11.5 Å². The second-order valence-electron chi connectivity index (χ2n) is 7.44. The molecular weight excluding hydrogens is 364 g/mol. The summed E-state index contributed by atoms with van der Waals surface area (Å²) in [5.41, 5.74) is 1.63. The number of fused-ring (bicyclic) bond motifs is 1. The van der Waals surface area contributed by atoms with Crippen LogP contribution in [0.15, 0.2) is 59.4 Å². The highest BCUT2D eigenvalue weighted by molar-refractivity contribution is 5.77. The minimum atomic E-state index is -0.136. The van der Waals surface area contributed by atoms with Crippen molar-refractivity contribution >= 4 is 16.8 Å². The summed E-state index contributed by atoms with van der Waals surface area (Å²) in [7, 11) is 0. The predicted octanol–water partition coefficient (Wildman–Crippen LogP) is 1.99. The molecule has 0 bridgehead atoms. The summed E-state index contributed by atoms with van der Waals surface area (Å²) >= 11 is 0. The Bertz CT molecular complexity index is 1000. The summed E-state index contributed by atoms with van der Waals surface area (Å²) in [4.78, 5) is 33.5. The molecule has 0 saturated carbocycles. The van der Waals surface area contributed by atoms with Gasteiger partial charge in [0.15, 0.2) is 12.4 Å². The first-order chi connectivity index (χ1) is 14.1. The van der Waals surface area contributed by atoms with Crippen LogP contribution in [0, 0.1) is 0 Å². The fourth-order valence-electron chi connectivity index (χ4n) is 3.47. The van der Waals surface area contributed by atoms with Gasteiger partial charge in [-0.25, -0.2) is 4.98 Å². The maximum Gasteiger partial charge on any atom is 0.275 e. The Morgan fingerprint density at radius 2 is 1.86 bits per heavy atom. The maximum absolute atomic E-state index is 12.6. The molecule has 1 aromatic heterocycles. The largest absolute Gasteiger partial charge is 0.345 e. The van der Waals surface area contributed by atoms with Crippen LogP contribution >= 0.6 is 0 Å². The lowest BCUT2D eigenvalue weighted by molar-refractivity contribution is -0.906. The Kier molecular flexibility index (Phi) is 7.14. The third-order valence-corrected chi connectivity index (χ3v) is 5.05. The van der Waals surface area contributed by atoms with Gasteiger partial charge in [0.05, 0.1) is 23.5 Å². The molecular formula is C23H29N4O2+. The lowest BCUT2D eigenvalue weighted by Crippen LogP contribution is -3.12. The number of benzene rings is 2. The molecule has 3 N–H and O–H groups in total. The number of aromatic amines is 1. The van der Waals surface area contributed by atoms with Crippen LogP contribution in [0.5, 0.6) is 0 Å². The highest BCUT2D eigenvalue weighted by atomic mass is 16.2. The lowest BCUT2D eigenvalue weighted by Gasteiger charge is -2.20. The van der Waals surface area contributed by atoms with Crippen LogP contribution in [-0.2, 0) is 11.3 Å². The smallest absolute Gasteiger partial charge is 0.275 e. The molecule has 0 aliphatic rings. The number of carbonyl (C=O) groups excluding carboxylic acids is 1. The summed E-state index contributed by atoms with van der Waals surface area (Å²) in [6.45, 7) is 5.81. The van der Waals surface area contributed by atoms with Crippen molar-refractivity contribution in [3.8, 4) is 0 Å². The van der Waals surface area contributed by atoms with E-state index in [-0.39, 0.29) is 17.5 Å². The molecule has 6 heteroatoms. The van der Waals surface area contributed by atoms with Crippen molar-refractivity contribution in [1.82, 2.24) is 15.3 Å². The van der Waals surface area contributed by atoms with E-state index in [1.807, 2.05) is 55.5 Å². The number of unbranched alkanes of at least 4 members (excludes halogenated alkanes) is 1. The van der Waals surface area contributed by atoms with Crippen LogP contribution < -0.4 is 15.8 Å². The van der Waals surface area contributed by atoms with E-state index in [1.54, 1.807) is 6.07 Å². The summed E-state index contributed by atoms with van der Waals surface area (Å²) in [5.74, 6) is 0.610. The van der Waals surface area contributed by atoms with Crippen LogP contribution in [-0.4, -0.2) is 29.0 Å². The van der Waals surface area contributed by atoms with Gasteiger partial charge < -0.3 is 15.2 Å². The molecule has 152 valence electrons. The Morgan fingerprint density at radius 3 is 2.62 bits per heavy atom. The quantitative estimate of drug-likeness (QED) is 0.520. The highest BCUT2D eigenvalue weighted by Gasteiger charge is 2.18. The third-order valence-electron chi connectivity index (χ3n) is 5.05.